The third kappa shape index (κ3) is 4.47. The Balaban J connectivity index is 1.94. The molecule has 4 heteroatoms. The highest BCUT2D eigenvalue weighted by molar-refractivity contribution is 7.99. The zero-order chi connectivity index (χ0) is 14.4. The quantitative estimate of drug-likeness (QED) is 0.867. The molecule has 20 heavy (non-hydrogen) atoms. The van der Waals surface area contributed by atoms with Gasteiger partial charge in [-0.3, -0.25) is 0 Å². The largest absolute Gasteiger partial charge is 0.310 e. The molecule has 0 spiro atoms. The molecule has 0 aliphatic carbocycles. The van der Waals surface area contributed by atoms with Crippen LogP contribution in [0.4, 0.5) is 4.39 Å². The maximum Gasteiger partial charge on any atom is 0.127 e. The summed E-state index contributed by atoms with van der Waals surface area (Å²) in [4.78, 5) is 2.51. The van der Waals surface area contributed by atoms with E-state index in [1.165, 1.54) is 5.75 Å². The maximum atomic E-state index is 13.9. The molecule has 2 nitrogen and oxygen atoms in total. The number of halogens is 1. The summed E-state index contributed by atoms with van der Waals surface area (Å²) in [6.07, 6.45) is 0.964. The zero-order valence-corrected chi connectivity index (χ0v) is 13.3. The van der Waals surface area contributed by atoms with Gasteiger partial charge in [-0.15, -0.1) is 0 Å². The van der Waals surface area contributed by atoms with Gasteiger partial charge in [0.05, 0.1) is 0 Å². The summed E-state index contributed by atoms with van der Waals surface area (Å²) >= 11 is 2.05. The van der Waals surface area contributed by atoms with Gasteiger partial charge in [-0.2, -0.15) is 11.8 Å². The summed E-state index contributed by atoms with van der Waals surface area (Å²) in [6, 6.07) is 7.25. The predicted molar refractivity (Wildman–Crippen MR) is 85.8 cm³/mol. The fraction of sp³-hybridized carbons (Fsp3) is 0.625. The molecule has 112 valence electrons. The van der Waals surface area contributed by atoms with Gasteiger partial charge in [0.2, 0.25) is 0 Å². The topological polar surface area (TPSA) is 15.3 Å². The van der Waals surface area contributed by atoms with Crippen molar-refractivity contribution in [2.45, 2.75) is 31.6 Å². The normalized spacial score (nSPS) is 21.9. The van der Waals surface area contributed by atoms with Crippen LogP contribution < -0.4 is 5.32 Å². The van der Waals surface area contributed by atoms with Crippen LogP contribution in [0.2, 0.25) is 0 Å². The highest BCUT2D eigenvalue weighted by atomic mass is 32.2. The van der Waals surface area contributed by atoms with Crippen molar-refractivity contribution < 1.29 is 4.39 Å². The molecule has 0 radical (unpaired) electrons. The predicted octanol–water partition coefficient (Wildman–Crippen LogP) is 3.30. The lowest BCUT2D eigenvalue weighted by molar-refractivity contribution is 0.267. The molecular formula is C16H25FN2S. The molecule has 0 saturated carbocycles. The van der Waals surface area contributed by atoms with Gasteiger partial charge in [0.1, 0.15) is 5.82 Å². The van der Waals surface area contributed by atoms with E-state index in [1.807, 2.05) is 23.9 Å². The zero-order valence-electron chi connectivity index (χ0n) is 12.4. The van der Waals surface area contributed by atoms with Crippen molar-refractivity contribution >= 4 is 11.8 Å². The molecule has 1 fully saturated rings. The number of hydrogen-bond donors (Lipinski definition) is 1. The van der Waals surface area contributed by atoms with E-state index in [0.717, 1.165) is 43.4 Å². The van der Waals surface area contributed by atoms with Gasteiger partial charge in [-0.05, 0) is 19.0 Å². The van der Waals surface area contributed by atoms with Crippen LogP contribution in [0.15, 0.2) is 24.3 Å². The molecule has 1 aromatic carbocycles. The lowest BCUT2D eigenvalue weighted by Gasteiger charge is -2.31. The van der Waals surface area contributed by atoms with Crippen molar-refractivity contribution in [3.8, 4) is 0 Å². The molecule has 2 atom stereocenters. The van der Waals surface area contributed by atoms with E-state index in [2.05, 4.69) is 24.1 Å². The second-order valence-corrected chi connectivity index (χ2v) is 6.95. The number of rotatable bonds is 6. The Bertz CT molecular complexity index is 413. The highest BCUT2D eigenvalue weighted by Crippen LogP contribution is 2.22. The van der Waals surface area contributed by atoms with Crippen LogP contribution in [-0.4, -0.2) is 42.1 Å². The minimum absolute atomic E-state index is 0.0963. The van der Waals surface area contributed by atoms with Crippen molar-refractivity contribution in [2.24, 2.45) is 0 Å². The van der Waals surface area contributed by atoms with Crippen LogP contribution in [0.25, 0.3) is 0 Å². The van der Waals surface area contributed by atoms with E-state index >= 15 is 0 Å². The van der Waals surface area contributed by atoms with Crippen LogP contribution >= 0.6 is 11.8 Å². The van der Waals surface area contributed by atoms with E-state index in [9.17, 15) is 4.39 Å². The third-order valence-corrected chi connectivity index (χ3v) is 4.93. The summed E-state index contributed by atoms with van der Waals surface area (Å²) in [7, 11) is 0. The Labute approximate surface area is 126 Å². The lowest BCUT2D eigenvalue weighted by atomic mass is 10.0. The molecule has 2 unspecified atom stereocenters. The first-order chi connectivity index (χ1) is 9.70. The van der Waals surface area contributed by atoms with Crippen molar-refractivity contribution in [3.63, 3.8) is 0 Å². The Morgan fingerprint density at radius 3 is 2.95 bits per heavy atom. The molecule has 1 aromatic rings. The second-order valence-electron chi connectivity index (χ2n) is 5.40. The smallest absolute Gasteiger partial charge is 0.127 e. The molecule has 0 amide bonds. The summed E-state index contributed by atoms with van der Waals surface area (Å²) in [5.74, 6) is 1.12. The average Bonchev–Trinajstić information content (AvgIpc) is 2.44. The molecule has 2 rings (SSSR count). The first-order valence-electron chi connectivity index (χ1n) is 7.52. The number of nitrogens with zero attached hydrogens (tertiary/aromatic N) is 1. The second kappa shape index (κ2) is 8.01. The van der Waals surface area contributed by atoms with E-state index in [0.29, 0.717) is 0 Å². The molecule has 0 aromatic heterocycles. The van der Waals surface area contributed by atoms with Gasteiger partial charge in [0, 0.05) is 42.2 Å². The Morgan fingerprint density at radius 2 is 2.25 bits per heavy atom. The Morgan fingerprint density at radius 1 is 1.45 bits per heavy atom. The standard InChI is InChI=1S/C16H25FN2S/c1-3-18-16(14-6-4-5-7-15(14)17)8-9-19-10-11-20-13(2)12-19/h4-7,13,16,18H,3,8-12H2,1-2H3. The van der Waals surface area contributed by atoms with Crippen molar-refractivity contribution in [1.29, 1.82) is 0 Å². The van der Waals surface area contributed by atoms with Crippen LogP contribution in [0.3, 0.4) is 0 Å². The molecule has 1 saturated heterocycles. The van der Waals surface area contributed by atoms with Gasteiger partial charge < -0.3 is 10.2 Å². The van der Waals surface area contributed by atoms with Gasteiger partial charge >= 0.3 is 0 Å². The van der Waals surface area contributed by atoms with Crippen LogP contribution in [-0.2, 0) is 0 Å². The molecule has 1 aliphatic rings. The minimum Gasteiger partial charge on any atom is -0.310 e. The van der Waals surface area contributed by atoms with Crippen LogP contribution in [0.5, 0.6) is 0 Å². The Kier molecular flexibility index (Phi) is 6.33. The van der Waals surface area contributed by atoms with E-state index in [-0.39, 0.29) is 11.9 Å². The van der Waals surface area contributed by atoms with Crippen LogP contribution in [0.1, 0.15) is 31.9 Å². The fourth-order valence-corrected chi connectivity index (χ4v) is 3.86. The average molecular weight is 296 g/mol. The summed E-state index contributed by atoms with van der Waals surface area (Å²) in [5, 5.41) is 4.14. The summed E-state index contributed by atoms with van der Waals surface area (Å²) in [5.41, 5.74) is 0.800. The SMILES string of the molecule is CCNC(CCN1CCSC(C)C1)c1ccccc1F. The van der Waals surface area contributed by atoms with Crippen molar-refractivity contribution in [2.75, 3.05) is 31.9 Å². The number of nitrogens with one attached hydrogen (secondary N) is 1. The molecule has 0 bridgehead atoms. The summed E-state index contributed by atoms with van der Waals surface area (Å²) < 4.78 is 13.9. The van der Waals surface area contributed by atoms with Gasteiger partial charge in [-0.1, -0.05) is 32.0 Å². The first-order valence-corrected chi connectivity index (χ1v) is 8.57. The molecule has 1 heterocycles. The number of hydrogen-bond acceptors (Lipinski definition) is 3. The summed E-state index contributed by atoms with van der Waals surface area (Å²) in [6.45, 7) is 8.58. The monoisotopic (exact) mass is 296 g/mol. The van der Waals surface area contributed by atoms with Crippen molar-refractivity contribution in [3.05, 3.63) is 35.6 Å². The van der Waals surface area contributed by atoms with E-state index < -0.39 is 0 Å². The first kappa shape index (κ1) is 15.8. The highest BCUT2D eigenvalue weighted by Gasteiger charge is 2.19. The number of benzene rings is 1. The fourth-order valence-electron chi connectivity index (χ4n) is 2.78. The van der Waals surface area contributed by atoms with Gasteiger partial charge in [-0.25, -0.2) is 4.39 Å². The Hall–Kier alpha value is -0.580. The van der Waals surface area contributed by atoms with Gasteiger partial charge in [0.25, 0.3) is 0 Å². The molecule has 1 aliphatic heterocycles. The van der Waals surface area contributed by atoms with E-state index in [1.54, 1.807) is 12.1 Å². The maximum absolute atomic E-state index is 13.9. The van der Waals surface area contributed by atoms with E-state index in [4.69, 9.17) is 0 Å². The number of thioether (sulfide) groups is 1. The molecular weight excluding hydrogens is 271 g/mol. The molecule has 1 N–H and O–H groups in total. The van der Waals surface area contributed by atoms with Gasteiger partial charge in [0.15, 0.2) is 0 Å². The lowest BCUT2D eigenvalue weighted by Crippen LogP contribution is -2.38. The van der Waals surface area contributed by atoms with Crippen LogP contribution in [0, 0.1) is 5.82 Å². The third-order valence-electron chi connectivity index (χ3n) is 3.79. The van der Waals surface area contributed by atoms with Crippen molar-refractivity contribution in [1.82, 2.24) is 10.2 Å². The minimum atomic E-state index is -0.0963.